The summed E-state index contributed by atoms with van der Waals surface area (Å²) in [5.41, 5.74) is 1.66. The smallest absolute Gasteiger partial charge is 0.259 e. The van der Waals surface area contributed by atoms with E-state index in [1.807, 2.05) is 13.0 Å². The van der Waals surface area contributed by atoms with E-state index in [9.17, 15) is 9.90 Å². The molecule has 1 amide bonds. The maximum atomic E-state index is 11.9. The second kappa shape index (κ2) is 5.06. The molecule has 0 saturated heterocycles. The average Bonchev–Trinajstić information content (AvgIpc) is 2.33. The minimum absolute atomic E-state index is 0.154. The van der Waals surface area contributed by atoms with Crippen molar-refractivity contribution in [3.05, 3.63) is 52.8 Å². The Balaban J connectivity index is 2.24. The van der Waals surface area contributed by atoms with Gasteiger partial charge < -0.3 is 10.4 Å². The van der Waals surface area contributed by atoms with E-state index in [-0.39, 0.29) is 11.3 Å². The van der Waals surface area contributed by atoms with Crippen molar-refractivity contribution in [1.82, 2.24) is 4.98 Å². The van der Waals surface area contributed by atoms with E-state index in [0.717, 1.165) is 5.56 Å². The number of hydrogen-bond donors (Lipinski definition) is 2. The van der Waals surface area contributed by atoms with Gasteiger partial charge in [-0.2, -0.15) is 0 Å². The van der Waals surface area contributed by atoms with Crippen molar-refractivity contribution in [2.24, 2.45) is 0 Å². The van der Waals surface area contributed by atoms with E-state index in [2.05, 4.69) is 10.3 Å². The minimum Gasteiger partial charge on any atom is -0.505 e. The summed E-state index contributed by atoms with van der Waals surface area (Å²) in [6, 6.07) is 6.75. The molecule has 2 N–H and O–H groups in total. The first-order valence-electron chi connectivity index (χ1n) is 5.28. The van der Waals surface area contributed by atoms with E-state index in [4.69, 9.17) is 11.6 Å². The number of aromatic nitrogens is 1. The summed E-state index contributed by atoms with van der Waals surface area (Å²) in [4.78, 5) is 15.6. The van der Waals surface area contributed by atoms with Crippen LogP contribution in [-0.4, -0.2) is 16.0 Å². The SMILES string of the molecule is Cc1ccc(NC(=O)c2ccncc2O)c(Cl)c1. The molecule has 18 heavy (non-hydrogen) atoms. The lowest BCUT2D eigenvalue weighted by Gasteiger charge is -2.08. The highest BCUT2D eigenvalue weighted by molar-refractivity contribution is 6.34. The molecule has 1 aromatic carbocycles. The molecule has 0 saturated carbocycles. The summed E-state index contributed by atoms with van der Waals surface area (Å²) in [5, 5.41) is 12.6. The molecule has 1 heterocycles. The van der Waals surface area contributed by atoms with Crippen LogP contribution in [0.25, 0.3) is 0 Å². The number of aryl methyl sites for hydroxylation is 1. The first kappa shape index (κ1) is 12.4. The highest BCUT2D eigenvalue weighted by atomic mass is 35.5. The Labute approximate surface area is 109 Å². The van der Waals surface area contributed by atoms with E-state index < -0.39 is 5.91 Å². The van der Waals surface area contributed by atoms with Crippen molar-refractivity contribution in [2.75, 3.05) is 5.32 Å². The molecule has 92 valence electrons. The lowest BCUT2D eigenvalue weighted by Crippen LogP contribution is -2.12. The Morgan fingerprint density at radius 1 is 1.39 bits per heavy atom. The predicted octanol–water partition coefficient (Wildman–Crippen LogP) is 3.00. The van der Waals surface area contributed by atoms with Gasteiger partial charge in [0.1, 0.15) is 5.75 Å². The van der Waals surface area contributed by atoms with Crippen LogP contribution < -0.4 is 5.32 Å². The molecule has 0 aliphatic heterocycles. The van der Waals surface area contributed by atoms with Gasteiger partial charge in [0.2, 0.25) is 0 Å². The third kappa shape index (κ3) is 2.60. The summed E-state index contributed by atoms with van der Waals surface area (Å²) in [6.45, 7) is 1.91. The van der Waals surface area contributed by atoms with Crippen LogP contribution in [0.15, 0.2) is 36.7 Å². The lowest BCUT2D eigenvalue weighted by atomic mass is 10.2. The maximum Gasteiger partial charge on any atom is 0.259 e. The van der Waals surface area contributed by atoms with Gasteiger partial charge in [0.25, 0.3) is 5.91 Å². The largest absolute Gasteiger partial charge is 0.505 e. The summed E-state index contributed by atoms with van der Waals surface area (Å²) < 4.78 is 0. The Bertz CT molecular complexity index is 599. The number of aromatic hydroxyl groups is 1. The van der Waals surface area contributed by atoms with Gasteiger partial charge in [-0.3, -0.25) is 9.78 Å². The summed E-state index contributed by atoms with van der Waals surface area (Å²) in [7, 11) is 0. The topological polar surface area (TPSA) is 62.2 Å². The van der Waals surface area contributed by atoms with Crippen molar-refractivity contribution in [3.63, 3.8) is 0 Å². The number of halogens is 1. The van der Waals surface area contributed by atoms with Crippen molar-refractivity contribution in [2.45, 2.75) is 6.92 Å². The first-order chi connectivity index (χ1) is 8.58. The van der Waals surface area contributed by atoms with Gasteiger partial charge in [-0.1, -0.05) is 17.7 Å². The zero-order valence-corrected chi connectivity index (χ0v) is 10.4. The van der Waals surface area contributed by atoms with E-state index >= 15 is 0 Å². The van der Waals surface area contributed by atoms with Gasteiger partial charge in [0, 0.05) is 6.20 Å². The molecule has 2 rings (SSSR count). The standard InChI is InChI=1S/C13H11ClN2O2/c1-8-2-3-11(10(14)6-8)16-13(18)9-4-5-15-7-12(9)17/h2-7,17H,1H3,(H,16,18). The van der Waals surface area contributed by atoms with Crippen LogP contribution in [0.1, 0.15) is 15.9 Å². The summed E-state index contributed by atoms with van der Waals surface area (Å²) in [6.07, 6.45) is 2.65. The molecule has 0 atom stereocenters. The minimum atomic E-state index is -0.430. The number of hydrogen-bond acceptors (Lipinski definition) is 3. The van der Waals surface area contributed by atoms with Crippen LogP contribution in [0.4, 0.5) is 5.69 Å². The molecule has 0 unspecified atom stereocenters. The third-order valence-electron chi connectivity index (χ3n) is 2.42. The Hall–Kier alpha value is -2.07. The van der Waals surface area contributed by atoms with Crippen LogP contribution >= 0.6 is 11.6 Å². The monoisotopic (exact) mass is 262 g/mol. The van der Waals surface area contributed by atoms with Gasteiger partial charge in [-0.15, -0.1) is 0 Å². The van der Waals surface area contributed by atoms with Crippen molar-refractivity contribution in [1.29, 1.82) is 0 Å². The predicted molar refractivity (Wildman–Crippen MR) is 70.0 cm³/mol. The molecule has 0 aliphatic carbocycles. The van der Waals surface area contributed by atoms with Gasteiger partial charge in [0.15, 0.2) is 0 Å². The number of benzene rings is 1. The fraction of sp³-hybridized carbons (Fsp3) is 0.0769. The highest BCUT2D eigenvalue weighted by Gasteiger charge is 2.12. The van der Waals surface area contributed by atoms with E-state index in [1.54, 1.807) is 12.1 Å². The molecule has 4 nitrogen and oxygen atoms in total. The molecule has 0 bridgehead atoms. The Morgan fingerprint density at radius 2 is 2.17 bits per heavy atom. The second-order valence-corrected chi connectivity index (χ2v) is 4.24. The van der Waals surface area contributed by atoms with Gasteiger partial charge in [0.05, 0.1) is 22.5 Å². The van der Waals surface area contributed by atoms with Crippen molar-refractivity contribution < 1.29 is 9.90 Å². The normalized spacial score (nSPS) is 10.1. The molecule has 1 aromatic heterocycles. The number of anilines is 1. The number of nitrogens with one attached hydrogen (secondary N) is 1. The van der Waals surface area contributed by atoms with Crippen molar-refractivity contribution in [3.8, 4) is 5.75 Å². The van der Waals surface area contributed by atoms with Gasteiger partial charge >= 0.3 is 0 Å². The number of carbonyl (C=O) groups is 1. The maximum absolute atomic E-state index is 11.9. The van der Waals surface area contributed by atoms with Crippen LogP contribution in [0.3, 0.4) is 0 Å². The molecule has 2 aromatic rings. The number of nitrogens with zero attached hydrogens (tertiary/aromatic N) is 1. The lowest BCUT2D eigenvalue weighted by molar-refractivity contribution is 0.102. The fourth-order valence-corrected chi connectivity index (χ4v) is 1.77. The van der Waals surface area contributed by atoms with Crippen LogP contribution in [0.5, 0.6) is 5.75 Å². The molecular formula is C13H11ClN2O2. The fourth-order valence-electron chi connectivity index (χ4n) is 1.49. The number of carbonyl (C=O) groups excluding carboxylic acids is 1. The molecular weight excluding hydrogens is 252 g/mol. The Kier molecular flexibility index (Phi) is 3.48. The van der Waals surface area contributed by atoms with E-state index in [1.165, 1.54) is 18.5 Å². The highest BCUT2D eigenvalue weighted by Crippen LogP contribution is 2.24. The van der Waals surface area contributed by atoms with Gasteiger partial charge in [-0.05, 0) is 30.7 Å². The van der Waals surface area contributed by atoms with Crippen LogP contribution in [-0.2, 0) is 0 Å². The number of amides is 1. The van der Waals surface area contributed by atoms with Crippen LogP contribution in [0, 0.1) is 6.92 Å². The van der Waals surface area contributed by atoms with Gasteiger partial charge in [-0.25, -0.2) is 0 Å². The zero-order valence-electron chi connectivity index (χ0n) is 9.64. The molecule has 0 radical (unpaired) electrons. The quantitative estimate of drug-likeness (QED) is 0.875. The number of rotatable bonds is 2. The third-order valence-corrected chi connectivity index (χ3v) is 2.73. The molecule has 0 spiro atoms. The molecule has 5 heteroatoms. The van der Waals surface area contributed by atoms with Crippen molar-refractivity contribution >= 4 is 23.2 Å². The molecule has 0 aliphatic rings. The summed E-state index contributed by atoms with van der Waals surface area (Å²) in [5.74, 6) is -0.598. The average molecular weight is 263 g/mol. The zero-order chi connectivity index (χ0) is 13.1. The molecule has 0 fully saturated rings. The summed E-state index contributed by atoms with van der Waals surface area (Å²) >= 11 is 6.01. The van der Waals surface area contributed by atoms with E-state index in [0.29, 0.717) is 10.7 Å². The Morgan fingerprint density at radius 3 is 2.83 bits per heavy atom. The first-order valence-corrected chi connectivity index (χ1v) is 5.66. The van der Waals surface area contributed by atoms with Crippen LogP contribution in [0.2, 0.25) is 5.02 Å². The second-order valence-electron chi connectivity index (χ2n) is 3.83. The number of pyridine rings is 1.